The number of carbonyl (C=O) groups excluding carboxylic acids is 2. The number of para-hydroxylation sites is 2. The quantitative estimate of drug-likeness (QED) is 0.283. The van der Waals surface area contributed by atoms with Crippen molar-refractivity contribution in [3.8, 4) is 5.75 Å². The number of rotatable bonds is 14. The molecule has 0 spiro atoms. The first-order valence-electron chi connectivity index (χ1n) is 13.3. The molecule has 0 radical (unpaired) electrons. The molecule has 0 unspecified atom stereocenters. The number of sulfonamides is 1. The molecule has 0 aliphatic rings. The summed E-state index contributed by atoms with van der Waals surface area (Å²) < 4.78 is 49.1. The van der Waals surface area contributed by atoms with E-state index >= 15 is 0 Å². The second-order valence-corrected chi connectivity index (χ2v) is 11.0. The van der Waals surface area contributed by atoms with Crippen molar-refractivity contribution in [1.29, 1.82) is 0 Å². The molecule has 1 atom stereocenters. The van der Waals surface area contributed by atoms with Gasteiger partial charge in [0.05, 0.1) is 17.2 Å². The summed E-state index contributed by atoms with van der Waals surface area (Å²) in [6.07, 6.45) is 1.63. The molecule has 8 nitrogen and oxygen atoms in total. The number of amides is 2. The summed E-state index contributed by atoms with van der Waals surface area (Å²) in [5.41, 5.74) is 0.378. The molecule has 0 bridgehead atoms. The molecule has 3 aromatic carbocycles. The van der Waals surface area contributed by atoms with Gasteiger partial charge in [-0.2, -0.15) is 0 Å². The third-order valence-corrected chi connectivity index (χ3v) is 8.11. The van der Waals surface area contributed by atoms with Crippen molar-refractivity contribution in [3.05, 3.63) is 90.2 Å². The van der Waals surface area contributed by atoms with Crippen LogP contribution in [-0.2, 0) is 26.2 Å². The fraction of sp³-hybridized carbons (Fsp3) is 0.333. The van der Waals surface area contributed by atoms with E-state index in [-0.39, 0.29) is 35.0 Å². The fourth-order valence-corrected chi connectivity index (χ4v) is 5.55. The predicted octanol–water partition coefficient (Wildman–Crippen LogP) is 4.75. The number of hydrogen-bond donors (Lipinski definition) is 1. The third kappa shape index (κ3) is 7.59. The van der Waals surface area contributed by atoms with Gasteiger partial charge in [0, 0.05) is 18.7 Å². The van der Waals surface area contributed by atoms with Crippen LogP contribution in [0.25, 0.3) is 0 Å². The van der Waals surface area contributed by atoms with Gasteiger partial charge in [0.15, 0.2) is 0 Å². The zero-order valence-electron chi connectivity index (χ0n) is 23.0. The number of unbranched alkanes of at least 4 members (excludes halogenated alkanes) is 1. The van der Waals surface area contributed by atoms with Gasteiger partial charge < -0.3 is 15.0 Å². The number of nitrogens with one attached hydrogen (secondary N) is 1. The van der Waals surface area contributed by atoms with Gasteiger partial charge in [0.2, 0.25) is 11.8 Å². The van der Waals surface area contributed by atoms with Crippen molar-refractivity contribution in [2.45, 2.75) is 51.1 Å². The lowest BCUT2D eigenvalue weighted by atomic mass is 10.1. The number of carbonyl (C=O) groups is 2. The molecule has 0 heterocycles. The molecule has 214 valence electrons. The van der Waals surface area contributed by atoms with Crippen molar-refractivity contribution < 1.29 is 27.1 Å². The highest BCUT2D eigenvalue weighted by Gasteiger charge is 2.34. The van der Waals surface area contributed by atoms with Gasteiger partial charge in [-0.05, 0) is 50.6 Å². The van der Waals surface area contributed by atoms with Crippen LogP contribution in [0.2, 0.25) is 0 Å². The monoisotopic (exact) mass is 569 g/mol. The summed E-state index contributed by atoms with van der Waals surface area (Å²) in [4.78, 5) is 28.1. The van der Waals surface area contributed by atoms with Crippen molar-refractivity contribution in [1.82, 2.24) is 10.2 Å². The van der Waals surface area contributed by atoms with Crippen LogP contribution in [0.3, 0.4) is 0 Å². The molecular weight excluding hydrogens is 533 g/mol. The summed E-state index contributed by atoms with van der Waals surface area (Å²) in [7, 11) is -4.24. The molecule has 3 aromatic rings. The second-order valence-electron chi connectivity index (χ2n) is 9.16. The molecule has 0 saturated carbocycles. The standard InChI is InChI=1S/C30H36FN3O5S/c1-4-6-20-32-30(36)23(3)33(21-24-14-10-11-17-26(24)31)29(35)22-34(27-18-12-13-19-28(27)39-5-2)40(37,38)25-15-8-7-9-16-25/h7-19,23H,4-6,20-22H2,1-3H3,(H,32,36)/t23-/m0/s1. The molecule has 0 aliphatic carbocycles. The molecule has 0 saturated heterocycles. The Kier molecular flexibility index (Phi) is 11.1. The van der Waals surface area contributed by atoms with Gasteiger partial charge in [-0.25, -0.2) is 12.8 Å². The smallest absolute Gasteiger partial charge is 0.264 e. The van der Waals surface area contributed by atoms with E-state index in [1.165, 1.54) is 35.2 Å². The number of anilines is 1. The summed E-state index contributed by atoms with van der Waals surface area (Å²) >= 11 is 0. The third-order valence-electron chi connectivity index (χ3n) is 6.34. The number of hydrogen-bond acceptors (Lipinski definition) is 5. The molecule has 10 heteroatoms. The zero-order valence-corrected chi connectivity index (χ0v) is 23.9. The molecule has 0 aromatic heterocycles. The topological polar surface area (TPSA) is 96.0 Å². The highest BCUT2D eigenvalue weighted by Crippen LogP contribution is 2.33. The molecule has 3 rings (SSSR count). The number of benzene rings is 3. The van der Waals surface area contributed by atoms with Crippen LogP contribution in [0.4, 0.5) is 10.1 Å². The Labute approximate surface area is 235 Å². The number of nitrogens with zero attached hydrogens (tertiary/aromatic N) is 2. The Balaban J connectivity index is 2.05. The maximum Gasteiger partial charge on any atom is 0.264 e. The van der Waals surface area contributed by atoms with Gasteiger partial charge >= 0.3 is 0 Å². The highest BCUT2D eigenvalue weighted by atomic mass is 32.2. The predicted molar refractivity (Wildman–Crippen MR) is 153 cm³/mol. The molecule has 40 heavy (non-hydrogen) atoms. The molecule has 2 amide bonds. The van der Waals surface area contributed by atoms with Crippen LogP contribution >= 0.6 is 0 Å². The average molecular weight is 570 g/mol. The second kappa shape index (κ2) is 14.5. The van der Waals surface area contributed by atoms with Gasteiger partial charge in [0.1, 0.15) is 24.2 Å². The molecule has 0 aliphatic heterocycles. The van der Waals surface area contributed by atoms with E-state index in [0.717, 1.165) is 17.1 Å². The maximum absolute atomic E-state index is 14.6. The number of ether oxygens (including phenoxy) is 1. The van der Waals surface area contributed by atoms with Crippen molar-refractivity contribution in [3.63, 3.8) is 0 Å². The van der Waals surface area contributed by atoms with Crippen LogP contribution in [0.15, 0.2) is 83.8 Å². The lowest BCUT2D eigenvalue weighted by Gasteiger charge is -2.32. The molecule has 1 N–H and O–H groups in total. The summed E-state index contributed by atoms with van der Waals surface area (Å²) in [6.45, 7) is 5.15. The lowest BCUT2D eigenvalue weighted by Crippen LogP contribution is -2.51. The SMILES string of the molecule is CCCCNC(=O)[C@H](C)N(Cc1ccccc1F)C(=O)CN(c1ccccc1OCC)S(=O)(=O)c1ccccc1. The van der Waals surface area contributed by atoms with Crippen molar-refractivity contribution in [2.24, 2.45) is 0 Å². The minimum atomic E-state index is -4.24. The van der Waals surface area contributed by atoms with E-state index in [9.17, 15) is 22.4 Å². The van der Waals surface area contributed by atoms with Crippen molar-refractivity contribution in [2.75, 3.05) is 24.0 Å². The minimum Gasteiger partial charge on any atom is -0.492 e. The van der Waals surface area contributed by atoms with Gasteiger partial charge in [-0.1, -0.05) is 61.9 Å². The Hall–Kier alpha value is -3.92. The zero-order chi connectivity index (χ0) is 29.1. The Morgan fingerprint density at radius 1 is 0.950 bits per heavy atom. The molecular formula is C30H36FN3O5S. The highest BCUT2D eigenvalue weighted by molar-refractivity contribution is 7.92. The van der Waals surface area contributed by atoms with Crippen LogP contribution < -0.4 is 14.4 Å². The van der Waals surface area contributed by atoms with E-state index in [2.05, 4.69) is 5.32 Å². The van der Waals surface area contributed by atoms with Gasteiger partial charge in [-0.3, -0.25) is 13.9 Å². The molecule has 0 fully saturated rings. The lowest BCUT2D eigenvalue weighted by molar-refractivity contribution is -0.139. The summed E-state index contributed by atoms with van der Waals surface area (Å²) in [5.74, 6) is -1.34. The van der Waals surface area contributed by atoms with Crippen molar-refractivity contribution >= 4 is 27.5 Å². The van der Waals surface area contributed by atoms with E-state index < -0.39 is 40.2 Å². The van der Waals surface area contributed by atoms with Crippen LogP contribution in [0, 0.1) is 5.82 Å². The van der Waals surface area contributed by atoms with E-state index in [1.807, 2.05) is 6.92 Å². The largest absolute Gasteiger partial charge is 0.492 e. The first-order valence-corrected chi connectivity index (χ1v) is 14.7. The van der Waals surface area contributed by atoms with E-state index in [4.69, 9.17) is 4.74 Å². The maximum atomic E-state index is 14.6. The van der Waals surface area contributed by atoms with Crippen LogP contribution in [0.5, 0.6) is 5.75 Å². The van der Waals surface area contributed by atoms with Gasteiger partial charge in [0.25, 0.3) is 10.0 Å². The minimum absolute atomic E-state index is 0.0138. The Bertz CT molecular complexity index is 1380. The van der Waals surface area contributed by atoms with Gasteiger partial charge in [-0.15, -0.1) is 0 Å². The van der Waals surface area contributed by atoms with E-state index in [1.54, 1.807) is 62.4 Å². The van der Waals surface area contributed by atoms with Crippen LogP contribution in [-0.4, -0.2) is 50.9 Å². The first kappa shape index (κ1) is 30.6. The number of halogens is 1. The van der Waals surface area contributed by atoms with Crippen LogP contribution in [0.1, 0.15) is 39.2 Å². The average Bonchev–Trinajstić information content (AvgIpc) is 2.96. The summed E-state index contributed by atoms with van der Waals surface area (Å²) in [5, 5.41) is 2.81. The first-order chi connectivity index (χ1) is 19.2. The normalized spacial score (nSPS) is 11.9. The Morgan fingerprint density at radius 3 is 2.27 bits per heavy atom. The Morgan fingerprint density at radius 2 is 1.60 bits per heavy atom. The van der Waals surface area contributed by atoms with E-state index in [0.29, 0.717) is 6.54 Å². The summed E-state index contributed by atoms with van der Waals surface area (Å²) in [6, 6.07) is 19.3. The fourth-order valence-electron chi connectivity index (χ4n) is 4.10.